The number of imide groups is 1. The van der Waals surface area contributed by atoms with Crippen LogP contribution in [0.3, 0.4) is 0 Å². The number of thioether (sulfide) groups is 1. The number of hydrogen-bond acceptors (Lipinski definition) is 9. The van der Waals surface area contributed by atoms with Crippen molar-refractivity contribution in [1.82, 2.24) is 15.5 Å². The Bertz CT molecular complexity index is 929. The van der Waals surface area contributed by atoms with Crippen molar-refractivity contribution < 1.29 is 14.3 Å². The highest BCUT2D eigenvalue weighted by atomic mass is 32.2. The molecule has 0 aliphatic rings. The van der Waals surface area contributed by atoms with E-state index in [2.05, 4.69) is 37.6 Å². The molecule has 29 heavy (non-hydrogen) atoms. The van der Waals surface area contributed by atoms with Gasteiger partial charge >= 0.3 is 6.03 Å². The maximum Gasteiger partial charge on any atom is 0.325 e. The number of anilines is 2. The number of rotatable bonds is 9. The predicted molar refractivity (Wildman–Crippen MR) is 117 cm³/mol. The third-order valence-corrected chi connectivity index (χ3v) is 6.51. The molecule has 152 valence electrons. The molecule has 0 bridgehead atoms. The van der Waals surface area contributed by atoms with E-state index in [4.69, 9.17) is 4.74 Å². The number of carbonyl (C=O) groups excluding carboxylic acids is 2. The molecule has 2 aromatic heterocycles. The third-order valence-electron chi connectivity index (χ3n) is 3.56. The second kappa shape index (κ2) is 10.8. The lowest BCUT2D eigenvalue weighted by Crippen LogP contribution is -2.35. The molecule has 0 unspecified atom stereocenters. The summed E-state index contributed by atoms with van der Waals surface area (Å²) < 4.78 is 5.72. The van der Waals surface area contributed by atoms with Gasteiger partial charge < -0.3 is 15.4 Å². The first kappa shape index (κ1) is 21.1. The number of nitrogens with zero attached hydrogens (tertiary/aromatic N) is 2. The van der Waals surface area contributed by atoms with Crippen molar-refractivity contribution in [1.29, 1.82) is 0 Å². The highest BCUT2D eigenvalue weighted by Gasteiger charge is 2.11. The van der Waals surface area contributed by atoms with Crippen LogP contribution in [0.2, 0.25) is 0 Å². The molecule has 0 aliphatic carbocycles. The molecular formula is C18H19N5O3S3. The van der Waals surface area contributed by atoms with Gasteiger partial charge in [0.15, 0.2) is 4.34 Å². The van der Waals surface area contributed by atoms with E-state index < -0.39 is 11.9 Å². The Morgan fingerprint density at radius 2 is 2.00 bits per heavy atom. The minimum absolute atomic E-state index is 0.0693. The first-order valence-electron chi connectivity index (χ1n) is 8.60. The largest absolute Gasteiger partial charge is 0.497 e. The van der Waals surface area contributed by atoms with Crippen molar-refractivity contribution in [3.63, 3.8) is 0 Å². The van der Waals surface area contributed by atoms with E-state index in [-0.39, 0.29) is 5.75 Å². The van der Waals surface area contributed by atoms with Crippen molar-refractivity contribution in [2.45, 2.75) is 10.8 Å². The summed E-state index contributed by atoms with van der Waals surface area (Å²) in [6, 6.07) is 10.3. The van der Waals surface area contributed by atoms with E-state index >= 15 is 0 Å². The summed E-state index contributed by atoms with van der Waals surface area (Å²) in [7, 11) is 1.56. The summed E-state index contributed by atoms with van der Waals surface area (Å²) in [5, 5.41) is 19.0. The summed E-state index contributed by atoms with van der Waals surface area (Å²) in [6.45, 7) is 0.770. The quantitative estimate of drug-likeness (QED) is 0.428. The van der Waals surface area contributed by atoms with Crippen molar-refractivity contribution in [2.75, 3.05) is 30.0 Å². The molecule has 3 aromatic rings. The molecule has 0 saturated carbocycles. The average molecular weight is 450 g/mol. The molecule has 0 aliphatic heterocycles. The summed E-state index contributed by atoms with van der Waals surface area (Å²) in [5.74, 6) is 0.337. The monoisotopic (exact) mass is 449 g/mol. The van der Waals surface area contributed by atoms with Crippen LogP contribution in [0.25, 0.3) is 0 Å². The fraction of sp³-hybridized carbons (Fsp3) is 0.222. The Balaban J connectivity index is 1.36. The van der Waals surface area contributed by atoms with Gasteiger partial charge in [-0.2, -0.15) is 0 Å². The van der Waals surface area contributed by atoms with Gasteiger partial charge in [-0.3, -0.25) is 10.1 Å². The molecule has 11 heteroatoms. The first-order valence-corrected chi connectivity index (χ1v) is 11.3. The van der Waals surface area contributed by atoms with Crippen molar-refractivity contribution in [3.05, 3.63) is 46.7 Å². The van der Waals surface area contributed by atoms with Crippen LogP contribution in [0.1, 0.15) is 4.88 Å². The van der Waals surface area contributed by atoms with E-state index in [9.17, 15) is 9.59 Å². The Labute approximate surface area is 180 Å². The topological polar surface area (TPSA) is 105 Å². The number of ether oxygens (including phenoxy) is 1. The molecule has 3 rings (SSSR count). The van der Waals surface area contributed by atoms with Crippen LogP contribution in [0.15, 0.2) is 46.1 Å². The molecule has 0 saturated heterocycles. The Kier molecular flexibility index (Phi) is 7.85. The van der Waals surface area contributed by atoms with Gasteiger partial charge in [-0.25, -0.2) is 4.79 Å². The number of aromatic nitrogens is 2. The molecule has 1 aromatic carbocycles. The lowest BCUT2D eigenvalue weighted by Gasteiger charge is -2.07. The molecule has 8 nitrogen and oxygen atoms in total. The highest BCUT2D eigenvalue weighted by Crippen LogP contribution is 2.25. The second-order valence-electron chi connectivity index (χ2n) is 5.65. The van der Waals surface area contributed by atoms with Gasteiger partial charge in [0.1, 0.15) is 5.75 Å². The first-order chi connectivity index (χ1) is 14.1. The van der Waals surface area contributed by atoms with E-state index in [1.807, 2.05) is 6.07 Å². The number of amides is 3. The van der Waals surface area contributed by atoms with E-state index in [0.717, 1.165) is 13.0 Å². The fourth-order valence-corrected chi connectivity index (χ4v) is 4.50. The SMILES string of the molecule is COc1ccc(NC(=O)NC(=O)CSc2nnc(NCCc3cccs3)s2)cc1. The van der Waals surface area contributed by atoms with Crippen LogP contribution >= 0.6 is 34.4 Å². The molecule has 3 amide bonds. The minimum atomic E-state index is -0.589. The predicted octanol–water partition coefficient (Wildman–Crippen LogP) is 3.70. The third kappa shape index (κ3) is 7.04. The number of methoxy groups -OCH3 is 1. The van der Waals surface area contributed by atoms with Crippen LogP contribution in [0.4, 0.5) is 15.6 Å². The van der Waals surface area contributed by atoms with E-state index in [1.54, 1.807) is 42.7 Å². The lowest BCUT2D eigenvalue weighted by molar-refractivity contribution is -0.117. The summed E-state index contributed by atoms with van der Waals surface area (Å²) >= 11 is 4.33. The molecule has 0 fully saturated rings. The van der Waals surface area contributed by atoms with E-state index in [0.29, 0.717) is 20.9 Å². The molecule has 2 heterocycles. The average Bonchev–Trinajstić information content (AvgIpc) is 3.39. The number of hydrogen-bond donors (Lipinski definition) is 3. The lowest BCUT2D eigenvalue weighted by atomic mass is 10.3. The Morgan fingerprint density at radius 3 is 2.72 bits per heavy atom. The fourth-order valence-electron chi connectivity index (χ4n) is 2.21. The maximum atomic E-state index is 12.0. The van der Waals surface area contributed by atoms with Gasteiger partial charge in [0.2, 0.25) is 11.0 Å². The van der Waals surface area contributed by atoms with Gasteiger partial charge in [0, 0.05) is 17.1 Å². The van der Waals surface area contributed by atoms with Crippen molar-refractivity contribution >= 4 is 57.2 Å². The summed E-state index contributed by atoms with van der Waals surface area (Å²) in [5.41, 5.74) is 0.561. The van der Waals surface area contributed by atoms with Gasteiger partial charge in [0.25, 0.3) is 0 Å². The van der Waals surface area contributed by atoms with Crippen LogP contribution in [-0.2, 0) is 11.2 Å². The van der Waals surface area contributed by atoms with Gasteiger partial charge in [-0.15, -0.1) is 21.5 Å². The zero-order chi connectivity index (χ0) is 20.5. The summed E-state index contributed by atoms with van der Waals surface area (Å²) in [4.78, 5) is 25.2. The zero-order valence-electron chi connectivity index (χ0n) is 15.5. The van der Waals surface area contributed by atoms with Crippen molar-refractivity contribution in [2.24, 2.45) is 0 Å². The summed E-state index contributed by atoms with van der Waals surface area (Å²) in [6.07, 6.45) is 0.922. The molecule has 3 N–H and O–H groups in total. The highest BCUT2D eigenvalue weighted by molar-refractivity contribution is 8.01. The second-order valence-corrected chi connectivity index (χ2v) is 8.88. The normalized spacial score (nSPS) is 10.4. The molecule has 0 atom stereocenters. The van der Waals surface area contributed by atoms with Gasteiger partial charge in [-0.1, -0.05) is 29.2 Å². The number of carbonyl (C=O) groups is 2. The number of nitrogens with one attached hydrogen (secondary N) is 3. The van der Waals surface area contributed by atoms with Gasteiger partial charge in [-0.05, 0) is 42.1 Å². The van der Waals surface area contributed by atoms with Crippen LogP contribution < -0.4 is 20.7 Å². The minimum Gasteiger partial charge on any atom is -0.497 e. The Morgan fingerprint density at radius 1 is 1.17 bits per heavy atom. The van der Waals surface area contributed by atoms with Crippen molar-refractivity contribution in [3.8, 4) is 5.75 Å². The van der Waals surface area contributed by atoms with E-state index in [1.165, 1.54) is 28.0 Å². The Hall–Kier alpha value is -2.63. The maximum absolute atomic E-state index is 12.0. The number of benzene rings is 1. The number of urea groups is 1. The zero-order valence-corrected chi connectivity index (χ0v) is 18.0. The van der Waals surface area contributed by atoms with Crippen LogP contribution in [0, 0.1) is 0 Å². The molecule has 0 radical (unpaired) electrons. The standard InChI is InChI=1S/C18H19N5O3S3/c1-26-13-6-4-12(5-7-13)20-16(25)21-15(24)11-28-18-23-22-17(29-18)19-9-8-14-3-2-10-27-14/h2-7,10H,8-9,11H2,1H3,(H,19,22)(H2,20,21,24,25). The number of thiophene rings is 1. The molecule has 0 spiro atoms. The van der Waals surface area contributed by atoms with Gasteiger partial charge in [0.05, 0.1) is 12.9 Å². The molecular weight excluding hydrogens is 430 g/mol. The van der Waals surface area contributed by atoms with Crippen LogP contribution in [0.5, 0.6) is 5.75 Å². The smallest absolute Gasteiger partial charge is 0.325 e. The van der Waals surface area contributed by atoms with Crippen LogP contribution in [-0.4, -0.2) is 41.5 Å².